The molecule has 0 aliphatic rings. The number of hydrogen-bond donors (Lipinski definition) is 0. The first-order valence-corrected chi connectivity index (χ1v) is 10.1. The summed E-state index contributed by atoms with van der Waals surface area (Å²) >= 11 is 0. The van der Waals surface area contributed by atoms with Gasteiger partial charge in [0.2, 0.25) is 0 Å². The van der Waals surface area contributed by atoms with Gasteiger partial charge in [-0.05, 0) is 62.0 Å². The van der Waals surface area contributed by atoms with Gasteiger partial charge in [-0.15, -0.1) is 0 Å². The zero-order chi connectivity index (χ0) is 17.6. The Morgan fingerprint density at radius 2 is 1.33 bits per heavy atom. The highest BCUT2D eigenvalue weighted by atomic mass is 14.0. The summed E-state index contributed by atoms with van der Waals surface area (Å²) in [5.41, 5.74) is 5.47. The van der Waals surface area contributed by atoms with Crippen molar-refractivity contribution in [2.45, 2.75) is 91.9 Å². The van der Waals surface area contributed by atoms with Crippen LogP contribution in [0.5, 0.6) is 0 Å². The minimum absolute atomic E-state index is 1.22. The maximum Gasteiger partial charge on any atom is -0.0224 e. The van der Waals surface area contributed by atoms with Gasteiger partial charge in [-0.1, -0.05) is 88.6 Å². The number of benzene rings is 1. The van der Waals surface area contributed by atoms with E-state index in [0.29, 0.717) is 0 Å². The molecule has 0 spiro atoms. The number of allylic oxidation sites excluding steroid dienone is 4. The molecular formula is C24H38. The molecule has 1 rings (SSSR count). The number of hydrogen-bond acceptors (Lipinski definition) is 0. The summed E-state index contributed by atoms with van der Waals surface area (Å²) < 4.78 is 0. The largest absolute Gasteiger partial charge is 0.0841 e. The smallest absolute Gasteiger partial charge is 0.0224 e. The molecule has 0 radical (unpaired) electrons. The van der Waals surface area contributed by atoms with Gasteiger partial charge in [-0.2, -0.15) is 0 Å². The van der Waals surface area contributed by atoms with Crippen molar-refractivity contribution in [3.05, 3.63) is 47.5 Å². The van der Waals surface area contributed by atoms with Crippen LogP contribution in [0, 0.1) is 0 Å². The Bertz CT molecular complexity index is 505. The van der Waals surface area contributed by atoms with Crippen LogP contribution in [-0.4, -0.2) is 0 Å². The SMILES string of the molecule is C/C=C(\C)c1cccc(/C(C)=C/CCCCCCCCCCC)c1. The minimum atomic E-state index is 1.22. The van der Waals surface area contributed by atoms with Gasteiger partial charge >= 0.3 is 0 Å². The molecule has 24 heavy (non-hydrogen) atoms. The average Bonchev–Trinajstić information content (AvgIpc) is 2.62. The van der Waals surface area contributed by atoms with Crippen molar-refractivity contribution in [1.29, 1.82) is 0 Å². The monoisotopic (exact) mass is 326 g/mol. The van der Waals surface area contributed by atoms with Crippen LogP contribution in [-0.2, 0) is 0 Å². The third-order valence-corrected chi connectivity index (χ3v) is 4.96. The maximum atomic E-state index is 2.42. The van der Waals surface area contributed by atoms with Crippen molar-refractivity contribution in [3.63, 3.8) is 0 Å². The molecule has 0 nitrogen and oxygen atoms in total. The third kappa shape index (κ3) is 8.52. The molecular weight excluding hydrogens is 288 g/mol. The lowest BCUT2D eigenvalue weighted by molar-refractivity contribution is 0.566. The van der Waals surface area contributed by atoms with Crippen molar-refractivity contribution in [2.24, 2.45) is 0 Å². The van der Waals surface area contributed by atoms with E-state index in [2.05, 4.69) is 64.1 Å². The van der Waals surface area contributed by atoms with Crippen molar-refractivity contribution in [3.8, 4) is 0 Å². The first kappa shape index (κ1) is 20.7. The molecule has 0 aliphatic carbocycles. The quantitative estimate of drug-likeness (QED) is 0.338. The Kier molecular flexibility index (Phi) is 11.3. The third-order valence-electron chi connectivity index (χ3n) is 4.96. The Labute approximate surface area is 151 Å². The van der Waals surface area contributed by atoms with Gasteiger partial charge in [-0.3, -0.25) is 0 Å². The van der Waals surface area contributed by atoms with Gasteiger partial charge in [0.05, 0.1) is 0 Å². The van der Waals surface area contributed by atoms with Gasteiger partial charge in [0.15, 0.2) is 0 Å². The minimum Gasteiger partial charge on any atom is -0.0841 e. The highest BCUT2D eigenvalue weighted by Gasteiger charge is 1.99. The zero-order valence-electron chi connectivity index (χ0n) is 16.5. The Morgan fingerprint density at radius 1 is 0.792 bits per heavy atom. The number of unbranched alkanes of at least 4 members (excludes halogenated alkanes) is 9. The Hall–Kier alpha value is -1.30. The fourth-order valence-corrected chi connectivity index (χ4v) is 3.07. The molecule has 1 aromatic rings. The van der Waals surface area contributed by atoms with E-state index in [1.807, 2.05) is 0 Å². The van der Waals surface area contributed by atoms with E-state index in [1.54, 1.807) is 0 Å². The summed E-state index contributed by atoms with van der Waals surface area (Å²) in [6.45, 7) is 8.82. The molecule has 0 heteroatoms. The second-order valence-electron chi connectivity index (χ2n) is 7.06. The van der Waals surface area contributed by atoms with Crippen molar-refractivity contribution >= 4 is 11.1 Å². The molecule has 0 saturated carbocycles. The van der Waals surface area contributed by atoms with Crippen molar-refractivity contribution in [1.82, 2.24) is 0 Å². The highest BCUT2D eigenvalue weighted by Crippen LogP contribution is 2.21. The molecule has 0 atom stereocenters. The molecule has 0 amide bonds. The predicted molar refractivity (Wildman–Crippen MR) is 111 cm³/mol. The molecule has 1 aromatic carbocycles. The summed E-state index contributed by atoms with van der Waals surface area (Å²) in [4.78, 5) is 0. The van der Waals surface area contributed by atoms with E-state index in [-0.39, 0.29) is 0 Å². The highest BCUT2D eigenvalue weighted by molar-refractivity contribution is 5.70. The molecule has 0 N–H and O–H groups in total. The van der Waals surface area contributed by atoms with Crippen LogP contribution in [0.4, 0.5) is 0 Å². The topological polar surface area (TPSA) is 0 Å². The van der Waals surface area contributed by atoms with Crippen LogP contribution in [0.25, 0.3) is 11.1 Å². The van der Waals surface area contributed by atoms with Gasteiger partial charge in [0.1, 0.15) is 0 Å². The maximum absolute atomic E-state index is 2.42. The van der Waals surface area contributed by atoms with E-state index in [1.165, 1.54) is 86.5 Å². The molecule has 0 fully saturated rings. The molecule has 0 saturated heterocycles. The van der Waals surface area contributed by atoms with Gasteiger partial charge in [0.25, 0.3) is 0 Å². The zero-order valence-corrected chi connectivity index (χ0v) is 16.5. The standard InChI is InChI=1S/C24H38/c1-5-7-8-9-10-11-12-13-14-15-17-22(4)24-19-16-18-23(20-24)21(3)6-2/h6,16-20H,5,7-15H2,1-4H3/b21-6+,22-17+. The summed E-state index contributed by atoms with van der Waals surface area (Å²) in [7, 11) is 0. The fraction of sp³-hybridized carbons (Fsp3) is 0.583. The normalized spacial score (nSPS) is 12.7. The Morgan fingerprint density at radius 3 is 1.92 bits per heavy atom. The summed E-state index contributed by atoms with van der Waals surface area (Å²) in [6.07, 6.45) is 18.5. The van der Waals surface area contributed by atoms with E-state index in [4.69, 9.17) is 0 Å². The lowest BCUT2D eigenvalue weighted by atomic mass is 9.99. The van der Waals surface area contributed by atoms with E-state index < -0.39 is 0 Å². The van der Waals surface area contributed by atoms with Crippen LogP contribution in [0.15, 0.2) is 36.4 Å². The molecule has 134 valence electrons. The molecule has 0 heterocycles. The first-order valence-electron chi connectivity index (χ1n) is 10.1. The lowest BCUT2D eigenvalue weighted by Crippen LogP contribution is -1.85. The van der Waals surface area contributed by atoms with Crippen LogP contribution < -0.4 is 0 Å². The molecule has 0 unspecified atom stereocenters. The molecule has 0 bridgehead atoms. The van der Waals surface area contributed by atoms with Gasteiger partial charge < -0.3 is 0 Å². The van der Waals surface area contributed by atoms with Crippen molar-refractivity contribution in [2.75, 3.05) is 0 Å². The predicted octanol–water partition coefficient (Wildman–Crippen LogP) is 8.43. The van der Waals surface area contributed by atoms with Gasteiger partial charge in [0, 0.05) is 0 Å². The molecule has 0 aliphatic heterocycles. The molecule has 0 aromatic heterocycles. The van der Waals surface area contributed by atoms with E-state index in [0.717, 1.165) is 0 Å². The van der Waals surface area contributed by atoms with E-state index in [9.17, 15) is 0 Å². The summed E-state index contributed by atoms with van der Waals surface area (Å²) in [5, 5.41) is 0. The van der Waals surface area contributed by atoms with Crippen LogP contribution in [0.2, 0.25) is 0 Å². The number of rotatable bonds is 12. The average molecular weight is 327 g/mol. The van der Waals surface area contributed by atoms with E-state index >= 15 is 0 Å². The van der Waals surface area contributed by atoms with Gasteiger partial charge in [-0.25, -0.2) is 0 Å². The second kappa shape index (κ2) is 13.0. The first-order chi connectivity index (χ1) is 11.7. The van der Waals surface area contributed by atoms with Crippen LogP contribution in [0.1, 0.15) is 103 Å². The second-order valence-corrected chi connectivity index (χ2v) is 7.06. The summed E-state index contributed by atoms with van der Waals surface area (Å²) in [6, 6.07) is 8.92. The van der Waals surface area contributed by atoms with Crippen LogP contribution in [0.3, 0.4) is 0 Å². The van der Waals surface area contributed by atoms with Crippen LogP contribution >= 0.6 is 0 Å². The fourth-order valence-electron chi connectivity index (χ4n) is 3.07. The Balaban J connectivity index is 2.25. The van der Waals surface area contributed by atoms with Crippen molar-refractivity contribution < 1.29 is 0 Å². The summed E-state index contributed by atoms with van der Waals surface area (Å²) in [5.74, 6) is 0. The lowest BCUT2D eigenvalue weighted by Gasteiger charge is -2.06.